The number of rotatable bonds is 6. The van der Waals surface area contributed by atoms with E-state index >= 15 is 0 Å². The van der Waals surface area contributed by atoms with Gasteiger partial charge in [-0.3, -0.25) is 14.6 Å². The van der Waals surface area contributed by atoms with Crippen LogP contribution in [0.3, 0.4) is 0 Å². The first kappa shape index (κ1) is 26.2. The zero-order chi connectivity index (χ0) is 23.7. The van der Waals surface area contributed by atoms with E-state index in [4.69, 9.17) is 0 Å². The third-order valence-electron chi connectivity index (χ3n) is 5.41. The summed E-state index contributed by atoms with van der Waals surface area (Å²) in [6.45, 7) is 3.73. The van der Waals surface area contributed by atoms with E-state index in [0.29, 0.717) is 26.9 Å². The van der Waals surface area contributed by atoms with E-state index in [9.17, 15) is 14.8 Å². The van der Waals surface area contributed by atoms with Gasteiger partial charge in [0.25, 0.3) is 11.5 Å². The number of aromatic nitrogens is 1. The van der Waals surface area contributed by atoms with E-state index in [0.717, 1.165) is 28.9 Å². The fourth-order valence-corrected chi connectivity index (χ4v) is 3.96. The molecule has 4 rings (SSSR count). The van der Waals surface area contributed by atoms with Crippen LogP contribution in [0.4, 0.5) is 11.4 Å². The Kier molecular flexibility index (Phi) is 8.37. The van der Waals surface area contributed by atoms with Gasteiger partial charge < -0.3 is 15.1 Å². The zero-order valence-corrected chi connectivity index (χ0v) is 22.2. The van der Waals surface area contributed by atoms with Crippen LogP contribution in [0.15, 0.2) is 57.3 Å². The Labute approximate surface area is 222 Å². The monoisotopic (exact) mass is 488 g/mol. The van der Waals surface area contributed by atoms with Gasteiger partial charge in [-0.2, -0.15) is 9.34 Å². The third-order valence-corrected chi connectivity index (χ3v) is 6.00. The van der Waals surface area contributed by atoms with Crippen LogP contribution >= 0.6 is 12.0 Å². The molecular weight excluding hydrogens is 467 g/mol. The van der Waals surface area contributed by atoms with Crippen LogP contribution in [0.1, 0.15) is 27.0 Å². The van der Waals surface area contributed by atoms with Crippen molar-refractivity contribution in [3.63, 3.8) is 0 Å². The molecule has 1 amide bonds. The van der Waals surface area contributed by atoms with Crippen LogP contribution in [0, 0.1) is 13.8 Å². The minimum Gasteiger partial charge on any atom is -0.691 e. The van der Waals surface area contributed by atoms with Crippen molar-refractivity contribution < 1.29 is 49.0 Å². The van der Waals surface area contributed by atoms with Crippen LogP contribution in [-0.2, 0) is 9.37 Å². The van der Waals surface area contributed by atoms with Crippen LogP contribution in [0.2, 0.25) is 0 Å². The number of anilines is 2. The maximum atomic E-state index is 13.2. The first-order valence-corrected chi connectivity index (χ1v) is 10.7. The smallest absolute Gasteiger partial charge is 0.691 e. The number of benzene rings is 2. The number of fused-ring (bicyclic) bond motifs is 1. The molecule has 0 aliphatic carbocycles. The Bertz CT molecular complexity index is 1410. The summed E-state index contributed by atoms with van der Waals surface area (Å²) in [5, 5.41) is 19.3. The number of amides is 1. The van der Waals surface area contributed by atoms with Crippen molar-refractivity contribution in [2.24, 2.45) is 5.10 Å². The summed E-state index contributed by atoms with van der Waals surface area (Å²) >= 11 is 0.747. The van der Waals surface area contributed by atoms with E-state index in [1.165, 1.54) is 5.01 Å². The molecule has 0 atom stereocenters. The van der Waals surface area contributed by atoms with Gasteiger partial charge in [0.15, 0.2) is 5.49 Å². The molecule has 170 valence electrons. The molecule has 1 aliphatic heterocycles. The second-order valence-corrected chi connectivity index (χ2v) is 8.50. The predicted molar refractivity (Wildman–Crippen MR) is 123 cm³/mol. The molecule has 2 aromatic carbocycles. The molecule has 3 aromatic rings. The summed E-state index contributed by atoms with van der Waals surface area (Å²) in [7, 11) is 3.94. The van der Waals surface area contributed by atoms with Crippen molar-refractivity contribution in [3.05, 3.63) is 85.8 Å². The first-order chi connectivity index (χ1) is 15.8. The van der Waals surface area contributed by atoms with Gasteiger partial charge in [0.2, 0.25) is 0 Å². The molecule has 0 spiro atoms. The van der Waals surface area contributed by atoms with Crippen molar-refractivity contribution in [3.8, 4) is 0 Å². The summed E-state index contributed by atoms with van der Waals surface area (Å²) in [6.07, 6.45) is 1.79. The topological polar surface area (TPSA) is 110 Å². The largest absolute Gasteiger partial charge is 1.00 e. The number of nitrogens with one attached hydrogen (secondary N) is 1. The van der Waals surface area contributed by atoms with Gasteiger partial charge in [0.1, 0.15) is 0 Å². The molecule has 0 saturated carbocycles. The maximum absolute atomic E-state index is 13.2. The van der Waals surface area contributed by atoms with Crippen molar-refractivity contribution >= 4 is 35.4 Å². The number of hydrogen-bond donors (Lipinski definition) is 1. The molecule has 2 heterocycles. The second kappa shape index (κ2) is 10.9. The van der Waals surface area contributed by atoms with Gasteiger partial charge >= 0.3 is 29.6 Å². The number of nitrogens with zero attached hydrogens (tertiary/aromatic N) is 3. The molecule has 9 nitrogen and oxygen atoms in total. The first-order valence-electron chi connectivity index (χ1n) is 9.99. The Morgan fingerprint density at radius 3 is 2.44 bits per heavy atom. The fraction of sp³-hybridized carbons (Fsp3) is 0.174. The van der Waals surface area contributed by atoms with Crippen LogP contribution in [-0.4, -0.2) is 25.0 Å². The summed E-state index contributed by atoms with van der Waals surface area (Å²) in [5.74, 6) is -0.340. The van der Waals surface area contributed by atoms with Gasteiger partial charge in [-0.15, -0.1) is 5.10 Å². The minimum atomic E-state index is -0.340. The quantitative estimate of drug-likeness (QED) is 0.191. The Morgan fingerprint density at radius 2 is 1.82 bits per heavy atom. The number of carbonyl (C=O) groups excluding carboxylic acids is 1. The van der Waals surface area contributed by atoms with E-state index in [1.807, 2.05) is 44.1 Å². The number of aromatic amines is 1. The summed E-state index contributed by atoms with van der Waals surface area (Å²) in [6, 6.07) is 12.6. The SMILES string of the molecule is Cc1cc(N(C)C)ccc1/C=c1/c(C)c2c([nH]c1=O)=NN(c1ccc(SOO[O-])cc1)C2=O.[Na+]. The average molecular weight is 489 g/mol. The predicted octanol–water partition coefficient (Wildman–Crippen LogP) is -1.68. The normalized spacial score (nSPS) is 12.9. The van der Waals surface area contributed by atoms with Crippen LogP contribution in [0.25, 0.3) is 6.08 Å². The number of carbonyl (C=O) groups is 1. The van der Waals surface area contributed by atoms with Crippen LogP contribution < -0.4 is 61.0 Å². The third kappa shape index (κ3) is 5.13. The van der Waals surface area contributed by atoms with Gasteiger partial charge in [-0.25, -0.2) is 0 Å². The Balaban J connectivity index is 0.00000324. The summed E-state index contributed by atoms with van der Waals surface area (Å²) in [5.41, 5.74) is 4.30. The average Bonchev–Trinajstić information content (AvgIpc) is 3.12. The molecule has 0 unspecified atom stereocenters. The molecule has 0 radical (unpaired) electrons. The minimum absolute atomic E-state index is 0. The molecule has 1 N–H and O–H groups in total. The fourth-order valence-electron chi connectivity index (χ4n) is 3.61. The number of aryl methyl sites for hydroxylation is 1. The second-order valence-electron chi connectivity index (χ2n) is 7.73. The molecule has 1 aromatic heterocycles. The molecule has 11 heteroatoms. The standard InChI is InChI=1S/C23H22N4O5S.Na/c1-13-11-17(26(3)4)6-5-15(13)12-19-14(2)20-21(24-22(19)28)25-27(23(20)29)16-7-9-18(10-8-16)33-32-31-30;/h5-12,30H,1-4H3,(H,24,25,28);/q;+1/p-1/b19-12-;. The molecule has 0 bridgehead atoms. The van der Waals surface area contributed by atoms with E-state index in [1.54, 1.807) is 37.3 Å². The summed E-state index contributed by atoms with van der Waals surface area (Å²) < 4.78 is 4.29. The Morgan fingerprint density at radius 1 is 1.12 bits per heavy atom. The number of H-pyrrole nitrogens is 1. The molecule has 1 aliphatic rings. The van der Waals surface area contributed by atoms with E-state index < -0.39 is 0 Å². The van der Waals surface area contributed by atoms with Gasteiger partial charge in [-0.05, 0) is 73.0 Å². The number of hydrogen-bond acceptors (Lipinski definition) is 8. The van der Waals surface area contributed by atoms with Crippen molar-refractivity contribution in [1.29, 1.82) is 0 Å². The molecule has 34 heavy (non-hydrogen) atoms. The number of pyridine rings is 1. The zero-order valence-electron chi connectivity index (χ0n) is 19.4. The molecule has 0 saturated heterocycles. The van der Waals surface area contributed by atoms with E-state index in [2.05, 4.69) is 19.5 Å². The maximum Gasteiger partial charge on any atom is 1.00 e. The van der Waals surface area contributed by atoms with Crippen molar-refractivity contribution in [2.45, 2.75) is 18.7 Å². The van der Waals surface area contributed by atoms with Gasteiger partial charge in [0, 0.05) is 29.9 Å². The summed E-state index contributed by atoms with van der Waals surface area (Å²) in [4.78, 5) is 31.4. The van der Waals surface area contributed by atoms with Crippen LogP contribution in [0.5, 0.6) is 0 Å². The van der Waals surface area contributed by atoms with Crippen molar-refractivity contribution in [1.82, 2.24) is 4.98 Å². The van der Waals surface area contributed by atoms with E-state index in [-0.39, 0.29) is 46.5 Å². The van der Waals surface area contributed by atoms with Gasteiger partial charge in [0.05, 0.1) is 23.3 Å². The van der Waals surface area contributed by atoms with Crippen molar-refractivity contribution in [2.75, 3.05) is 24.0 Å². The van der Waals surface area contributed by atoms with Gasteiger partial charge in [-0.1, -0.05) is 6.07 Å². The molecule has 0 fully saturated rings. The molecular formula is C23H21N4NaO5S. The Hall–Kier alpha value is -2.44.